The van der Waals surface area contributed by atoms with Crippen molar-refractivity contribution >= 4 is 34.2 Å². The number of hydrogen-bond donors (Lipinski definition) is 1. The highest BCUT2D eigenvalue weighted by Crippen LogP contribution is 2.26. The minimum absolute atomic E-state index is 0.0607. The van der Waals surface area contributed by atoms with Crippen LogP contribution in [0.25, 0.3) is 0 Å². The lowest BCUT2D eigenvalue weighted by atomic mass is 10.2. The van der Waals surface area contributed by atoms with Crippen LogP contribution >= 0.6 is 11.8 Å². The number of aryl methyl sites for hydroxylation is 1. The molecule has 1 amide bonds. The van der Waals surface area contributed by atoms with Gasteiger partial charge in [0, 0.05) is 13.1 Å². The van der Waals surface area contributed by atoms with Gasteiger partial charge >= 0.3 is 0 Å². The molecule has 3 rings (SSSR count). The number of para-hydroxylation sites is 1. The number of ether oxygens (including phenoxy) is 1. The van der Waals surface area contributed by atoms with Crippen LogP contribution in [0.2, 0.25) is 0 Å². The van der Waals surface area contributed by atoms with E-state index in [1.54, 1.807) is 7.11 Å². The number of benzene rings is 2. The number of hydrogen-bond acceptors (Lipinski definition) is 4. The first-order chi connectivity index (χ1) is 14.2. The van der Waals surface area contributed by atoms with Crippen molar-refractivity contribution in [3.63, 3.8) is 0 Å². The number of aliphatic imine (C=N–C) groups is 1. The molecule has 0 aromatic heterocycles. The number of thioether (sulfide) groups is 1. The fourth-order valence-corrected chi connectivity index (χ4v) is 4.17. The first kappa shape index (κ1) is 21.2. The SMILES string of the molecule is COc1ccc(C)cc1NC(=O)CSC(=Nc1ccccc1)N1CCCCCC1. The molecule has 0 bridgehead atoms. The van der Waals surface area contributed by atoms with E-state index in [2.05, 4.69) is 10.2 Å². The van der Waals surface area contributed by atoms with Gasteiger partial charge in [-0.2, -0.15) is 0 Å². The third-order valence-corrected chi connectivity index (χ3v) is 5.83. The highest BCUT2D eigenvalue weighted by molar-refractivity contribution is 8.14. The van der Waals surface area contributed by atoms with Gasteiger partial charge in [0.2, 0.25) is 5.91 Å². The molecule has 0 aliphatic carbocycles. The Kier molecular flexibility index (Phi) is 7.99. The smallest absolute Gasteiger partial charge is 0.234 e. The summed E-state index contributed by atoms with van der Waals surface area (Å²) in [6, 6.07) is 15.7. The Balaban J connectivity index is 1.70. The van der Waals surface area contributed by atoms with E-state index in [9.17, 15) is 4.79 Å². The number of nitrogens with one attached hydrogen (secondary N) is 1. The first-order valence-electron chi connectivity index (χ1n) is 10.1. The molecule has 1 fully saturated rings. The Morgan fingerprint density at radius 3 is 2.52 bits per heavy atom. The summed E-state index contributed by atoms with van der Waals surface area (Å²) in [7, 11) is 1.61. The lowest BCUT2D eigenvalue weighted by molar-refractivity contribution is -0.113. The average molecular weight is 412 g/mol. The Morgan fingerprint density at radius 2 is 1.83 bits per heavy atom. The second-order valence-corrected chi connectivity index (χ2v) is 8.11. The number of amides is 1. The molecule has 1 N–H and O–H groups in total. The predicted molar refractivity (Wildman–Crippen MR) is 122 cm³/mol. The third-order valence-electron chi connectivity index (χ3n) is 4.82. The summed E-state index contributed by atoms with van der Waals surface area (Å²) in [5, 5.41) is 3.90. The van der Waals surface area contributed by atoms with Crippen LogP contribution in [0.4, 0.5) is 11.4 Å². The molecule has 154 valence electrons. The Labute approximate surface area is 177 Å². The molecule has 0 unspecified atom stereocenters. The van der Waals surface area contributed by atoms with Crippen molar-refractivity contribution in [2.24, 2.45) is 4.99 Å². The summed E-state index contributed by atoms with van der Waals surface area (Å²) >= 11 is 1.50. The molecule has 1 aliphatic rings. The van der Waals surface area contributed by atoms with Gasteiger partial charge in [-0.25, -0.2) is 4.99 Å². The van der Waals surface area contributed by atoms with E-state index < -0.39 is 0 Å². The van der Waals surface area contributed by atoms with E-state index in [4.69, 9.17) is 9.73 Å². The zero-order valence-corrected chi connectivity index (χ0v) is 18.0. The summed E-state index contributed by atoms with van der Waals surface area (Å²) in [6.07, 6.45) is 4.85. The Bertz CT molecular complexity index is 831. The summed E-state index contributed by atoms with van der Waals surface area (Å²) in [4.78, 5) is 19.8. The van der Waals surface area contributed by atoms with E-state index in [-0.39, 0.29) is 5.91 Å². The van der Waals surface area contributed by atoms with Crippen molar-refractivity contribution in [2.75, 3.05) is 31.3 Å². The number of methoxy groups -OCH3 is 1. The molecule has 29 heavy (non-hydrogen) atoms. The first-order valence-corrected chi connectivity index (χ1v) is 11.1. The van der Waals surface area contributed by atoms with Crippen LogP contribution in [0.15, 0.2) is 53.5 Å². The van der Waals surface area contributed by atoms with Gasteiger partial charge in [-0.05, 0) is 49.6 Å². The molecule has 0 saturated carbocycles. The molecule has 0 spiro atoms. The van der Waals surface area contributed by atoms with Gasteiger partial charge in [0.25, 0.3) is 0 Å². The van der Waals surface area contributed by atoms with Crippen LogP contribution in [0.1, 0.15) is 31.2 Å². The summed E-state index contributed by atoms with van der Waals surface area (Å²) < 4.78 is 5.36. The third kappa shape index (κ3) is 6.53. The van der Waals surface area contributed by atoms with Gasteiger partial charge < -0.3 is 15.0 Å². The van der Waals surface area contributed by atoms with Crippen molar-refractivity contribution in [2.45, 2.75) is 32.6 Å². The molecule has 0 radical (unpaired) electrons. The molecule has 1 saturated heterocycles. The molecule has 2 aromatic carbocycles. The second-order valence-electron chi connectivity index (χ2n) is 7.17. The second kappa shape index (κ2) is 10.9. The zero-order chi connectivity index (χ0) is 20.5. The highest BCUT2D eigenvalue weighted by atomic mass is 32.2. The van der Waals surface area contributed by atoms with Crippen LogP contribution in [0, 0.1) is 6.92 Å². The van der Waals surface area contributed by atoms with E-state index in [0.29, 0.717) is 17.2 Å². The maximum Gasteiger partial charge on any atom is 0.234 e. The highest BCUT2D eigenvalue weighted by Gasteiger charge is 2.17. The molecule has 0 atom stereocenters. The summed E-state index contributed by atoms with van der Waals surface area (Å²) in [6.45, 7) is 3.98. The fraction of sp³-hybridized carbons (Fsp3) is 0.391. The van der Waals surface area contributed by atoms with E-state index in [1.165, 1.54) is 37.4 Å². The number of nitrogens with zero attached hydrogens (tertiary/aromatic N) is 2. The molecule has 5 nitrogen and oxygen atoms in total. The summed E-state index contributed by atoms with van der Waals surface area (Å²) in [5.74, 6) is 0.910. The topological polar surface area (TPSA) is 53.9 Å². The largest absolute Gasteiger partial charge is 0.495 e. The Morgan fingerprint density at radius 1 is 1.10 bits per heavy atom. The fourth-order valence-electron chi connectivity index (χ4n) is 3.31. The standard InChI is InChI=1S/C23H29N3O2S/c1-18-12-13-21(28-2)20(16-18)25-22(27)17-29-23(24-19-10-6-5-7-11-19)26-14-8-3-4-9-15-26/h5-7,10-13,16H,3-4,8-9,14-15,17H2,1-2H3,(H,25,27). The van der Waals surface area contributed by atoms with Crippen molar-refractivity contribution in [3.05, 3.63) is 54.1 Å². The monoisotopic (exact) mass is 411 g/mol. The maximum absolute atomic E-state index is 12.6. The van der Waals surface area contributed by atoms with Gasteiger partial charge in [0.05, 0.1) is 24.2 Å². The quantitative estimate of drug-likeness (QED) is 0.540. The number of carbonyl (C=O) groups is 1. The van der Waals surface area contributed by atoms with E-state index in [0.717, 1.165) is 29.5 Å². The van der Waals surface area contributed by atoms with Gasteiger partial charge in [-0.1, -0.05) is 48.9 Å². The van der Waals surface area contributed by atoms with Crippen LogP contribution < -0.4 is 10.1 Å². The predicted octanol–water partition coefficient (Wildman–Crippen LogP) is 5.24. The lowest BCUT2D eigenvalue weighted by Gasteiger charge is -2.23. The maximum atomic E-state index is 12.6. The van der Waals surface area contributed by atoms with Crippen molar-refractivity contribution < 1.29 is 9.53 Å². The van der Waals surface area contributed by atoms with E-state index in [1.807, 2.05) is 55.5 Å². The molecular formula is C23H29N3O2S. The summed E-state index contributed by atoms with van der Waals surface area (Å²) in [5.41, 5.74) is 2.69. The Hall–Kier alpha value is -2.47. The van der Waals surface area contributed by atoms with Crippen LogP contribution in [0.5, 0.6) is 5.75 Å². The van der Waals surface area contributed by atoms with Crippen LogP contribution in [0.3, 0.4) is 0 Å². The number of rotatable bonds is 5. The molecule has 1 heterocycles. The number of amidine groups is 1. The average Bonchev–Trinajstić information content (AvgIpc) is 3.01. The van der Waals surface area contributed by atoms with E-state index >= 15 is 0 Å². The van der Waals surface area contributed by atoms with Gasteiger partial charge in [-0.15, -0.1) is 0 Å². The normalized spacial score (nSPS) is 15.0. The van der Waals surface area contributed by atoms with Crippen molar-refractivity contribution in [3.8, 4) is 5.75 Å². The number of anilines is 1. The minimum atomic E-state index is -0.0607. The van der Waals surface area contributed by atoms with Gasteiger partial charge in [0.15, 0.2) is 5.17 Å². The number of carbonyl (C=O) groups excluding carboxylic acids is 1. The molecule has 6 heteroatoms. The molecule has 1 aliphatic heterocycles. The van der Waals surface area contributed by atoms with Gasteiger partial charge in [-0.3, -0.25) is 4.79 Å². The lowest BCUT2D eigenvalue weighted by Crippen LogP contribution is -2.31. The molecule has 2 aromatic rings. The van der Waals surface area contributed by atoms with Crippen molar-refractivity contribution in [1.82, 2.24) is 4.90 Å². The van der Waals surface area contributed by atoms with Crippen molar-refractivity contribution in [1.29, 1.82) is 0 Å². The zero-order valence-electron chi connectivity index (χ0n) is 17.2. The van der Waals surface area contributed by atoms with Crippen LogP contribution in [-0.4, -0.2) is 41.9 Å². The molecular weight excluding hydrogens is 382 g/mol. The van der Waals surface area contributed by atoms with Gasteiger partial charge in [0.1, 0.15) is 5.75 Å². The van der Waals surface area contributed by atoms with Crippen LogP contribution in [-0.2, 0) is 4.79 Å². The number of likely N-dealkylation sites (tertiary alicyclic amines) is 1. The minimum Gasteiger partial charge on any atom is -0.495 e.